The number of nitrogens with zero attached hydrogens (tertiary/aromatic N) is 2. The Kier molecular flexibility index (Phi) is 7.73. The van der Waals surface area contributed by atoms with E-state index >= 15 is 0 Å². The lowest BCUT2D eigenvalue weighted by atomic mass is 9.71. The van der Waals surface area contributed by atoms with E-state index in [0.717, 1.165) is 18.5 Å². The molecule has 0 bridgehead atoms. The highest BCUT2D eigenvalue weighted by molar-refractivity contribution is 7.91. The summed E-state index contributed by atoms with van der Waals surface area (Å²) < 4.78 is 23.2. The van der Waals surface area contributed by atoms with Crippen LogP contribution in [0.2, 0.25) is 0 Å². The number of hydrogen-bond donors (Lipinski definition) is 3. The summed E-state index contributed by atoms with van der Waals surface area (Å²) in [5.74, 6) is 0.429. The Labute approximate surface area is 191 Å². The second kappa shape index (κ2) is 10.3. The summed E-state index contributed by atoms with van der Waals surface area (Å²) in [7, 11) is -2.92. The minimum Gasteiger partial charge on any atom is -0.483 e. The molecule has 2 amide bonds. The summed E-state index contributed by atoms with van der Waals surface area (Å²) in [6.07, 6.45) is 2.17. The zero-order valence-electron chi connectivity index (χ0n) is 17.6. The van der Waals surface area contributed by atoms with Gasteiger partial charge in [-0.25, -0.2) is 18.2 Å². The van der Waals surface area contributed by atoms with E-state index in [2.05, 4.69) is 22.4 Å². The van der Waals surface area contributed by atoms with Crippen LogP contribution in [-0.4, -0.2) is 67.1 Å². The Bertz CT molecular complexity index is 1020. The van der Waals surface area contributed by atoms with Crippen LogP contribution in [-0.2, 0) is 20.0 Å². The Morgan fingerprint density at radius 3 is 2.50 bits per heavy atom. The van der Waals surface area contributed by atoms with E-state index < -0.39 is 9.84 Å². The molecule has 1 unspecified atom stereocenters. The van der Waals surface area contributed by atoms with Crippen LogP contribution in [0.15, 0.2) is 35.7 Å². The smallest absolute Gasteiger partial charge is 0.317 e. The highest BCUT2D eigenvalue weighted by atomic mass is 32.2. The van der Waals surface area contributed by atoms with E-state index in [-0.39, 0.29) is 35.3 Å². The van der Waals surface area contributed by atoms with Crippen molar-refractivity contribution in [3.63, 3.8) is 0 Å². The summed E-state index contributed by atoms with van der Waals surface area (Å²) >= 11 is 1.45. The molecule has 11 heteroatoms. The van der Waals surface area contributed by atoms with E-state index in [1.807, 2.05) is 28.5 Å². The number of nitrogens with two attached hydrogens (primary N) is 1. The SMILES string of the molecule is Nc1nc(C2(c3ccccc3)CCN(C(=O)NCC3CCS(=O)(=O)C3)CC2)cs1.O=CO. The first kappa shape index (κ1) is 24.0. The Morgan fingerprint density at radius 1 is 1.31 bits per heavy atom. The van der Waals surface area contributed by atoms with Gasteiger partial charge >= 0.3 is 6.03 Å². The maximum absolute atomic E-state index is 12.6. The summed E-state index contributed by atoms with van der Waals surface area (Å²) in [6.45, 7) is 1.39. The molecule has 0 saturated carbocycles. The third kappa shape index (κ3) is 5.57. The average Bonchev–Trinajstić information content (AvgIpc) is 3.38. The van der Waals surface area contributed by atoms with Crippen LogP contribution in [0.1, 0.15) is 30.5 Å². The number of nitrogens with one attached hydrogen (secondary N) is 1. The minimum absolute atomic E-state index is 0.0233. The zero-order chi connectivity index (χ0) is 23.2. The largest absolute Gasteiger partial charge is 0.483 e. The molecule has 1 atom stereocenters. The van der Waals surface area contributed by atoms with Gasteiger partial charge in [0.1, 0.15) is 0 Å². The van der Waals surface area contributed by atoms with Gasteiger partial charge in [-0.3, -0.25) is 4.79 Å². The van der Waals surface area contributed by atoms with Crippen LogP contribution >= 0.6 is 11.3 Å². The Hall–Kier alpha value is -2.66. The maximum atomic E-state index is 12.6. The van der Waals surface area contributed by atoms with Gasteiger partial charge in [-0.1, -0.05) is 30.3 Å². The molecule has 1 aromatic heterocycles. The minimum atomic E-state index is -2.92. The zero-order valence-corrected chi connectivity index (χ0v) is 19.3. The number of anilines is 1. The lowest BCUT2D eigenvalue weighted by Crippen LogP contribution is -2.50. The van der Waals surface area contributed by atoms with E-state index in [1.165, 1.54) is 16.9 Å². The fourth-order valence-corrected chi connectivity index (χ4v) is 6.95. The number of likely N-dealkylation sites (tertiary alicyclic amines) is 1. The van der Waals surface area contributed by atoms with Gasteiger partial charge in [-0.05, 0) is 30.7 Å². The molecule has 4 rings (SSSR count). The normalized spacial score (nSPS) is 21.2. The number of thiazole rings is 1. The lowest BCUT2D eigenvalue weighted by molar-refractivity contribution is -0.122. The lowest BCUT2D eigenvalue weighted by Gasteiger charge is -2.41. The average molecular weight is 481 g/mol. The molecule has 0 aliphatic carbocycles. The highest BCUT2D eigenvalue weighted by Gasteiger charge is 2.41. The molecular weight excluding hydrogens is 452 g/mol. The van der Waals surface area contributed by atoms with Crippen molar-refractivity contribution in [1.82, 2.24) is 15.2 Å². The Morgan fingerprint density at radius 2 is 1.97 bits per heavy atom. The second-order valence-electron chi connectivity index (χ2n) is 8.07. The van der Waals surface area contributed by atoms with Gasteiger partial charge in [0.15, 0.2) is 15.0 Å². The summed E-state index contributed by atoms with van der Waals surface area (Å²) in [5, 5.41) is 12.4. The molecule has 2 saturated heterocycles. The van der Waals surface area contributed by atoms with E-state index in [4.69, 9.17) is 15.6 Å². The maximum Gasteiger partial charge on any atom is 0.317 e. The number of hydrogen-bond acceptors (Lipinski definition) is 7. The van der Waals surface area contributed by atoms with Crippen LogP contribution in [0.3, 0.4) is 0 Å². The van der Waals surface area contributed by atoms with Gasteiger partial charge in [0, 0.05) is 30.4 Å². The highest BCUT2D eigenvalue weighted by Crippen LogP contribution is 2.42. The summed E-state index contributed by atoms with van der Waals surface area (Å²) in [4.78, 5) is 27.4. The molecule has 4 N–H and O–H groups in total. The van der Waals surface area contributed by atoms with Crippen molar-refractivity contribution in [2.45, 2.75) is 24.7 Å². The topological polar surface area (TPSA) is 143 Å². The number of aromatic nitrogens is 1. The van der Waals surface area contributed by atoms with Crippen molar-refractivity contribution in [2.75, 3.05) is 36.9 Å². The molecule has 2 aromatic rings. The first-order valence-electron chi connectivity index (χ1n) is 10.4. The number of carboxylic acid groups (broad SMARTS) is 1. The van der Waals surface area contributed by atoms with E-state index in [1.54, 1.807) is 0 Å². The molecule has 174 valence electrons. The van der Waals surface area contributed by atoms with E-state index in [0.29, 0.717) is 31.2 Å². The molecule has 1 aromatic carbocycles. The third-order valence-corrected chi connectivity index (χ3v) is 8.62. The fourth-order valence-electron chi connectivity index (χ4n) is 4.43. The number of rotatable bonds is 4. The van der Waals surface area contributed by atoms with E-state index in [9.17, 15) is 13.2 Å². The number of urea groups is 1. The number of carbonyl (C=O) groups excluding carboxylic acids is 1. The van der Waals surface area contributed by atoms with Crippen molar-refractivity contribution in [3.05, 3.63) is 47.0 Å². The van der Waals surface area contributed by atoms with Gasteiger partial charge < -0.3 is 21.1 Å². The molecule has 2 fully saturated rings. The number of piperidine rings is 1. The molecule has 32 heavy (non-hydrogen) atoms. The van der Waals surface area contributed by atoms with Crippen LogP contribution in [0.5, 0.6) is 0 Å². The van der Waals surface area contributed by atoms with Gasteiger partial charge in [-0.15, -0.1) is 11.3 Å². The quantitative estimate of drug-likeness (QED) is 0.568. The molecule has 9 nitrogen and oxygen atoms in total. The van der Waals surface area contributed by atoms with Gasteiger partial charge in [-0.2, -0.15) is 0 Å². The Balaban J connectivity index is 0.000000913. The van der Waals surface area contributed by atoms with Crippen LogP contribution in [0.25, 0.3) is 0 Å². The van der Waals surface area contributed by atoms with Crippen molar-refractivity contribution in [2.24, 2.45) is 5.92 Å². The molecule has 0 radical (unpaired) electrons. The van der Waals surface area contributed by atoms with Crippen LogP contribution in [0.4, 0.5) is 9.93 Å². The monoisotopic (exact) mass is 480 g/mol. The number of benzene rings is 1. The number of nitrogen functional groups attached to an aromatic ring is 1. The van der Waals surface area contributed by atoms with Crippen molar-refractivity contribution >= 4 is 38.8 Å². The fraction of sp³-hybridized carbons (Fsp3) is 0.476. The van der Waals surface area contributed by atoms with Crippen LogP contribution in [0, 0.1) is 5.92 Å². The van der Waals surface area contributed by atoms with Gasteiger partial charge in [0.2, 0.25) is 0 Å². The van der Waals surface area contributed by atoms with Crippen molar-refractivity contribution in [3.8, 4) is 0 Å². The third-order valence-electron chi connectivity index (χ3n) is 6.11. The molecule has 0 spiro atoms. The standard InChI is InChI=1S/C20H26N4O3S2.CH2O2/c21-18-23-17(13-28-18)20(16-4-2-1-3-5-16)7-9-24(10-8-20)19(25)22-12-15-6-11-29(26,27)14-15;2-1-3/h1-5,13,15H,6-12,14H2,(H2,21,23)(H,22,25);1H,(H,2,3). The number of amides is 2. The van der Waals surface area contributed by atoms with Crippen molar-refractivity contribution in [1.29, 1.82) is 0 Å². The molecular formula is C21H28N4O5S2. The molecule has 3 heterocycles. The molecule has 2 aliphatic heterocycles. The summed E-state index contributed by atoms with van der Waals surface area (Å²) in [6, 6.07) is 10.2. The first-order chi connectivity index (χ1) is 15.3. The molecule has 2 aliphatic rings. The van der Waals surface area contributed by atoms with Crippen molar-refractivity contribution < 1.29 is 23.1 Å². The first-order valence-corrected chi connectivity index (χ1v) is 13.1. The second-order valence-corrected chi connectivity index (χ2v) is 11.2. The van der Waals surface area contributed by atoms with Gasteiger partial charge in [0.25, 0.3) is 6.47 Å². The van der Waals surface area contributed by atoms with Gasteiger partial charge in [0.05, 0.1) is 17.2 Å². The van der Waals surface area contributed by atoms with Crippen LogP contribution < -0.4 is 11.1 Å². The predicted molar refractivity (Wildman–Crippen MR) is 123 cm³/mol. The summed E-state index contributed by atoms with van der Waals surface area (Å²) in [5.41, 5.74) is 7.83. The number of sulfone groups is 1. The predicted octanol–water partition coefficient (Wildman–Crippen LogP) is 1.95. The number of carbonyl (C=O) groups is 2.